The molecule has 108 valence electrons. The van der Waals surface area contributed by atoms with Gasteiger partial charge in [-0.05, 0) is 12.5 Å². The maximum atomic E-state index is 11.9. The number of likely N-dealkylation sites (tertiary alicyclic amines) is 1. The van der Waals surface area contributed by atoms with Gasteiger partial charge >= 0.3 is 0 Å². The number of furan rings is 1. The van der Waals surface area contributed by atoms with E-state index in [1.54, 1.807) is 11.0 Å². The van der Waals surface area contributed by atoms with E-state index in [9.17, 15) is 14.4 Å². The van der Waals surface area contributed by atoms with Gasteiger partial charge in [0.1, 0.15) is 12.3 Å². The van der Waals surface area contributed by atoms with Crippen molar-refractivity contribution in [2.75, 3.05) is 19.6 Å². The van der Waals surface area contributed by atoms with Crippen LogP contribution >= 0.6 is 0 Å². The highest BCUT2D eigenvalue weighted by atomic mass is 16.3. The van der Waals surface area contributed by atoms with Gasteiger partial charge in [0, 0.05) is 26.6 Å². The first-order valence-electron chi connectivity index (χ1n) is 6.44. The van der Waals surface area contributed by atoms with Crippen LogP contribution < -0.4 is 10.6 Å². The molecule has 1 fully saturated rings. The molecule has 2 rings (SSSR count). The molecule has 1 aliphatic heterocycles. The van der Waals surface area contributed by atoms with Crippen molar-refractivity contribution in [1.82, 2.24) is 15.5 Å². The monoisotopic (exact) mass is 279 g/mol. The highest BCUT2D eigenvalue weighted by Gasteiger charge is 2.31. The van der Waals surface area contributed by atoms with Crippen LogP contribution in [0.3, 0.4) is 0 Å². The first-order valence-corrected chi connectivity index (χ1v) is 6.44. The van der Waals surface area contributed by atoms with Gasteiger partial charge in [-0.25, -0.2) is 0 Å². The average molecular weight is 279 g/mol. The second-order valence-corrected chi connectivity index (χ2v) is 4.63. The summed E-state index contributed by atoms with van der Waals surface area (Å²) in [4.78, 5) is 36.1. The normalized spacial score (nSPS) is 18.1. The van der Waals surface area contributed by atoms with E-state index < -0.39 is 6.04 Å². The minimum Gasteiger partial charge on any atom is -0.472 e. The predicted octanol–water partition coefficient (Wildman–Crippen LogP) is -0.254. The number of carbonyl (C=O) groups excluding carboxylic acids is 3. The molecule has 0 bridgehead atoms. The van der Waals surface area contributed by atoms with Crippen molar-refractivity contribution in [2.24, 2.45) is 0 Å². The Kier molecular flexibility index (Phi) is 4.39. The average Bonchev–Trinajstić information content (AvgIpc) is 3.02. The van der Waals surface area contributed by atoms with Crippen molar-refractivity contribution >= 4 is 17.7 Å². The third-order valence-electron chi connectivity index (χ3n) is 3.13. The van der Waals surface area contributed by atoms with E-state index in [-0.39, 0.29) is 17.7 Å². The van der Waals surface area contributed by atoms with E-state index in [4.69, 9.17) is 4.42 Å². The number of rotatable bonds is 5. The van der Waals surface area contributed by atoms with Crippen molar-refractivity contribution in [3.8, 4) is 0 Å². The van der Waals surface area contributed by atoms with Gasteiger partial charge in [-0.15, -0.1) is 0 Å². The second-order valence-electron chi connectivity index (χ2n) is 4.63. The number of hydrogen-bond acceptors (Lipinski definition) is 4. The molecule has 0 spiro atoms. The lowest BCUT2D eigenvalue weighted by Gasteiger charge is -2.17. The van der Waals surface area contributed by atoms with Crippen molar-refractivity contribution < 1.29 is 18.8 Å². The summed E-state index contributed by atoms with van der Waals surface area (Å²) in [6.45, 7) is 2.77. The summed E-state index contributed by atoms with van der Waals surface area (Å²) in [5.41, 5.74) is 0.453. The summed E-state index contributed by atoms with van der Waals surface area (Å²) in [6.07, 6.45) is 3.40. The fourth-order valence-corrected chi connectivity index (χ4v) is 2.14. The quantitative estimate of drug-likeness (QED) is 0.777. The maximum absolute atomic E-state index is 11.9. The van der Waals surface area contributed by atoms with Crippen LogP contribution in [0.4, 0.5) is 0 Å². The lowest BCUT2D eigenvalue weighted by molar-refractivity contribution is -0.132. The summed E-state index contributed by atoms with van der Waals surface area (Å²) >= 11 is 0. The number of nitrogens with one attached hydrogen (secondary N) is 2. The van der Waals surface area contributed by atoms with E-state index in [0.717, 1.165) is 0 Å². The molecule has 7 heteroatoms. The number of hydrogen-bond donors (Lipinski definition) is 2. The summed E-state index contributed by atoms with van der Waals surface area (Å²) in [6, 6.07) is 1.14. The van der Waals surface area contributed by atoms with Crippen LogP contribution in [-0.4, -0.2) is 48.3 Å². The Labute approximate surface area is 116 Å². The minimum absolute atomic E-state index is 0.0993. The fraction of sp³-hybridized carbons (Fsp3) is 0.462. The Morgan fingerprint density at radius 2 is 2.30 bits per heavy atom. The Morgan fingerprint density at radius 1 is 1.50 bits per heavy atom. The maximum Gasteiger partial charge on any atom is 0.254 e. The zero-order valence-corrected chi connectivity index (χ0v) is 11.2. The molecule has 0 radical (unpaired) electrons. The van der Waals surface area contributed by atoms with Gasteiger partial charge in [0.15, 0.2) is 0 Å². The van der Waals surface area contributed by atoms with Crippen LogP contribution in [0, 0.1) is 0 Å². The van der Waals surface area contributed by atoms with Crippen molar-refractivity contribution in [1.29, 1.82) is 0 Å². The fourth-order valence-electron chi connectivity index (χ4n) is 2.14. The van der Waals surface area contributed by atoms with Crippen LogP contribution in [0.1, 0.15) is 23.7 Å². The van der Waals surface area contributed by atoms with Crippen LogP contribution in [-0.2, 0) is 9.59 Å². The summed E-state index contributed by atoms with van der Waals surface area (Å²) in [7, 11) is 0. The molecule has 20 heavy (non-hydrogen) atoms. The molecule has 0 aromatic carbocycles. The highest BCUT2D eigenvalue weighted by Crippen LogP contribution is 2.10. The molecule has 0 saturated carbocycles. The molecular weight excluding hydrogens is 262 g/mol. The molecular formula is C13H17N3O4. The largest absolute Gasteiger partial charge is 0.472 e. The molecule has 1 aromatic heterocycles. The van der Waals surface area contributed by atoms with E-state index in [2.05, 4.69) is 10.6 Å². The van der Waals surface area contributed by atoms with Crippen LogP contribution in [0.15, 0.2) is 23.0 Å². The number of amides is 3. The Morgan fingerprint density at radius 3 is 2.95 bits per heavy atom. The van der Waals surface area contributed by atoms with Gasteiger partial charge < -0.3 is 20.0 Å². The predicted molar refractivity (Wildman–Crippen MR) is 69.8 cm³/mol. The molecule has 3 amide bonds. The summed E-state index contributed by atoms with van der Waals surface area (Å²) in [5.74, 6) is -0.542. The smallest absolute Gasteiger partial charge is 0.254 e. The van der Waals surface area contributed by atoms with Gasteiger partial charge in [-0.1, -0.05) is 0 Å². The summed E-state index contributed by atoms with van der Waals surface area (Å²) in [5, 5.41) is 5.32. The molecule has 2 heterocycles. The van der Waals surface area contributed by atoms with E-state index >= 15 is 0 Å². The minimum atomic E-state index is -0.433. The van der Waals surface area contributed by atoms with Crippen LogP contribution in [0.25, 0.3) is 0 Å². The first-order chi connectivity index (χ1) is 9.58. The zero-order valence-electron chi connectivity index (χ0n) is 11.2. The van der Waals surface area contributed by atoms with Gasteiger partial charge in [0.05, 0.1) is 11.8 Å². The molecule has 1 atom stereocenters. The number of nitrogens with zero attached hydrogens (tertiary/aromatic N) is 1. The van der Waals surface area contributed by atoms with E-state index in [1.165, 1.54) is 19.5 Å². The molecule has 1 saturated heterocycles. The van der Waals surface area contributed by atoms with Gasteiger partial charge in [-0.2, -0.15) is 0 Å². The van der Waals surface area contributed by atoms with Crippen molar-refractivity contribution in [3.63, 3.8) is 0 Å². The molecule has 0 aliphatic carbocycles. The van der Waals surface area contributed by atoms with Gasteiger partial charge in [-0.3, -0.25) is 14.4 Å². The van der Waals surface area contributed by atoms with Crippen molar-refractivity contribution in [3.05, 3.63) is 24.2 Å². The van der Waals surface area contributed by atoms with Crippen LogP contribution in [0.2, 0.25) is 0 Å². The molecule has 1 aliphatic rings. The standard InChI is InChI=1S/C13H17N3O4/c1-9(17)15-11-2-5-16(13(11)19)6-4-14-12(18)10-3-7-20-8-10/h3,7-8,11H,2,4-6H2,1H3,(H,14,18)(H,15,17). The Balaban J connectivity index is 1.74. The topological polar surface area (TPSA) is 91.7 Å². The third kappa shape index (κ3) is 3.37. The lowest BCUT2D eigenvalue weighted by atomic mass is 10.2. The highest BCUT2D eigenvalue weighted by molar-refractivity contribution is 5.93. The second kappa shape index (κ2) is 6.23. The third-order valence-corrected chi connectivity index (χ3v) is 3.13. The van der Waals surface area contributed by atoms with Crippen molar-refractivity contribution in [2.45, 2.75) is 19.4 Å². The van der Waals surface area contributed by atoms with E-state index in [0.29, 0.717) is 31.6 Å². The molecule has 2 N–H and O–H groups in total. The molecule has 7 nitrogen and oxygen atoms in total. The lowest BCUT2D eigenvalue weighted by Crippen LogP contribution is -2.42. The zero-order chi connectivity index (χ0) is 14.5. The number of carbonyl (C=O) groups is 3. The van der Waals surface area contributed by atoms with Crippen LogP contribution in [0.5, 0.6) is 0 Å². The summed E-state index contributed by atoms with van der Waals surface area (Å²) < 4.78 is 4.82. The molecule has 1 unspecified atom stereocenters. The SMILES string of the molecule is CC(=O)NC1CCN(CCNC(=O)c2ccoc2)C1=O. The Hall–Kier alpha value is -2.31. The molecule has 1 aromatic rings. The van der Waals surface area contributed by atoms with E-state index in [1.807, 2.05) is 0 Å². The van der Waals surface area contributed by atoms with Gasteiger partial charge in [0.2, 0.25) is 11.8 Å². The van der Waals surface area contributed by atoms with Gasteiger partial charge in [0.25, 0.3) is 5.91 Å². The first kappa shape index (κ1) is 14.1. The Bertz CT molecular complexity index is 498.